The molecule has 1 heterocycles. The van der Waals surface area contributed by atoms with E-state index in [1.54, 1.807) is 4.68 Å². The second kappa shape index (κ2) is 3.14. The molecule has 0 spiro atoms. The summed E-state index contributed by atoms with van der Waals surface area (Å²) < 4.78 is 6.17. The molecule has 0 aliphatic heterocycles. The van der Waals surface area contributed by atoms with E-state index in [1.807, 2.05) is 32.0 Å². The predicted molar refractivity (Wildman–Crippen MR) is 50.3 cm³/mol. The summed E-state index contributed by atoms with van der Waals surface area (Å²) in [5, 5.41) is 2.52. The highest BCUT2D eigenvalue weighted by Crippen LogP contribution is 2.08. The Bertz CT molecular complexity index is 511. The molecule has 0 atom stereocenters. The maximum atomic E-state index is 10.8. The van der Waals surface area contributed by atoms with E-state index >= 15 is 0 Å². The fourth-order valence-corrected chi connectivity index (χ4v) is 1.35. The zero-order valence-corrected chi connectivity index (χ0v) is 8.07. The lowest BCUT2D eigenvalue weighted by molar-refractivity contribution is -0.670. The van der Waals surface area contributed by atoms with Crippen LogP contribution in [-0.4, -0.2) is 5.27 Å². The molecule has 0 unspecified atom stereocenters. The van der Waals surface area contributed by atoms with Gasteiger partial charge < -0.3 is 0 Å². The SMILES string of the molecule is Cc1ccc(C)c(-[n+]2cc(=O)o[nH]2)c1. The molecule has 0 aliphatic rings. The van der Waals surface area contributed by atoms with E-state index in [4.69, 9.17) is 0 Å². The number of benzene rings is 1. The van der Waals surface area contributed by atoms with Crippen LogP contribution in [-0.2, 0) is 0 Å². The first kappa shape index (κ1) is 8.74. The van der Waals surface area contributed by atoms with E-state index in [2.05, 4.69) is 9.79 Å². The molecule has 0 aliphatic carbocycles. The Morgan fingerprint density at radius 3 is 2.79 bits per heavy atom. The zero-order chi connectivity index (χ0) is 10.1. The van der Waals surface area contributed by atoms with Crippen LogP contribution >= 0.6 is 0 Å². The molecule has 2 rings (SSSR count). The largest absolute Gasteiger partial charge is 0.427 e. The van der Waals surface area contributed by atoms with Gasteiger partial charge in [0.05, 0.1) is 0 Å². The lowest BCUT2D eigenvalue weighted by Gasteiger charge is -1.96. The summed E-state index contributed by atoms with van der Waals surface area (Å²) >= 11 is 0. The average molecular weight is 191 g/mol. The van der Waals surface area contributed by atoms with Crippen LogP contribution in [0.3, 0.4) is 0 Å². The predicted octanol–water partition coefficient (Wildman–Crippen LogP) is 0.861. The van der Waals surface area contributed by atoms with Crippen LogP contribution in [0.2, 0.25) is 0 Å². The molecule has 1 N–H and O–H groups in total. The third-order valence-electron chi connectivity index (χ3n) is 2.10. The molecule has 0 radical (unpaired) electrons. The van der Waals surface area contributed by atoms with Gasteiger partial charge in [0, 0.05) is 11.6 Å². The van der Waals surface area contributed by atoms with Gasteiger partial charge in [0.1, 0.15) is 0 Å². The van der Waals surface area contributed by atoms with E-state index in [0.717, 1.165) is 16.8 Å². The van der Waals surface area contributed by atoms with Gasteiger partial charge in [-0.1, -0.05) is 12.1 Å². The second-order valence-electron chi connectivity index (χ2n) is 3.30. The van der Waals surface area contributed by atoms with Crippen molar-refractivity contribution in [2.24, 2.45) is 0 Å². The Labute approximate surface area is 80.7 Å². The minimum atomic E-state index is -0.383. The summed E-state index contributed by atoms with van der Waals surface area (Å²) in [6, 6.07) is 6.02. The lowest BCUT2D eigenvalue weighted by atomic mass is 10.1. The number of H-pyrrole nitrogens is 1. The second-order valence-corrected chi connectivity index (χ2v) is 3.30. The van der Waals surface area contributed by atoms with E-state index in [1.165, 1.54) is 6.20 Å². The van der Waals surface area contributed by atoms with Crippen LogP contribution < -0.4 is 10.3 Å². The van der Waals surface area contributed by atoms with Gasteiger partial charge in [-0.2, -0.15) is 0 Å². The molecule has 0 saturated carbocycles. The number of nitrogens with one attached hydrogen (secondary N) is 1. The van der Waals surface area contributed by atoms with Crippen LogP contribution in [0, 0.1) is 13.8 Å². The van der Waals surface area contributed by atoms with Gasteiger partial charge in [-0.15, -0.1) is 0 Å². The van der Waals surface area contributed by atoms with Crippen molar-refractivity contribution in [2.75, 3.05) is 0 Å². The molecule has 4 nitrogen and oxygen atoms in total. The Morgan fingerprint density at radius 2 is 2.14 bits per heavy atom. The van der Waals surface area contributed by atoms with Gasteiger partial charge in [0.15, 0.2) is 0 Å². The highest BCUT2D eigenvalue weighted by molar-refractivity contribution is 5.35. The van der Waals surface area contributed by atoms with Gasteiger partial charge in [0.25, 0.3) is 6.20 Å². The molecular formula is C10H11N2O2+. The van der Waals surface area contributed by atoms with Crippen molar-refractivity contribution in [3.63, 3.8) is 0 Å². The maximum Gasteiger partial charge on any atom is 0.427 e. The Balaban J connectivity index is 2.61. The monoisotopic (exact) mass is 191 g/mol. The molecule has 0 fully saturated rings. The summed E-state index contributed by atoms with van der Waals surface area (Å²) in [7, 11) is 0. The summed E-state index contributed by atoms with van der Waals surface area (Å²) in [6.07, 6.45) is 1.38. The normalized spacial score (nSPS) is 10.4. The van der Waals surface area contributed by atoms with E-state index < -0.39 is 0 Å². The fourth-order valence-electron chi connectivity index (χ4n) is 1.35. The van der Waals surface area contributed by atoms with E-state index in [9.17, 15) is 4.79 Å². The number of rotatable bonds is 1. The smallest absolute Gasteiger partial charge is 0.283 e. The first-order chi connectivity index (χ1) is 6.66. The first-order valence-corrected chi connectivity index (χ1v) is 4.34. The minimum absolute atomic E-state index is 0.383. The summed E-state index contributed by atoms with van der Waals surface area (Å²) in [5.41, 5.74) is 2.76. The molecule has 0 amide bonds. The molecule has 1 aromatic heterocycles. The maximum absolute atomic E-state index is 10.8. The molecule has 14 heavy (non-hydrogen) atoms. The Morgan fingerprint density at radius 1 is 1.36 bits per heavy atom. The number of aryl methyl sites for hydroxylation is 2. The van der Waals surface area contributed by atoms with Crippen LogP contribution in [0.5, 0.6) is 0 Å². The molecule has 0 bridgehead atoms. The van der Waals surface area contributed by atoms with Crippen molar-refractivity contribution in [3.05, 3.63) is 45.9 Å². The number of hydrogen-bond donors (Lipinski definition) is 1. The number of nitrogens with zero attached hydrogens (tertiary/aromatic N) is 1. The highest BCUT2D eigenvalue weighted by Gasteiger charge is 2.13. The van der Waals surface area contributed by atoms with E-state index in [0.29, 0.717) is 0 Å². The molecular weight excluding hydrogens is 180 g/mol. The first-order valence-electron chi connectivity index (χ1n) is 4.34. The number of hydrogen-bond acceptors (Lipinski definition) is 2. The standard InChI is InChI=1S/C10H10N2O2/c1-7-3-4-8(2)9(5-7)12-6-10(13)14-11-12/h3-6H,1-2H3/p+1. The molecule has 0 saturated heterocycles. The molecule has 2 aromatic rings. The van der Waals surface area contributed by atoms with Crippen LogP contribution in [0.15, 0.2) is 33.7 Å². The van der Waals surface area contributed by atoms with E-state index in [-0.39, 0.29) is 5.63 Å². The van der Waals surface area contributed by atoms with Gasteiger partial charge in [-0.05, 0) is 29.4 Å². The Hall–Kier alpha value is -1.84. The van der Waals surface area contributed by atoms with Crippen LogP contribution in [0.4, 0.5) is 0 Å². The van der Waals surface area contributed by atoms with Crippen molar-refractivity contribution in [2.45, 2.75) is 13.8 Å². The summed E-state index contributed by atoms with van der Waals surface area (Å²) in [4.78, 5) is 10.8. The van der Waals surface area contributed by atoms with Gasteiger partial charge >= 0.3 is 5.63 Å². The van der Waals surface area contributed by atoms with Crippen LogP contribution in [0.25, 0.3) is 5.69 Å². The molecule has 72 valence electrons. The van der Waals surface area contributed by atoms with Gasteiger partial charge in [-0.3, -0.25) is 4.52 Å². The van der Waals surface area contributed by atoms with Crippen molar-refractivity contribution in [1.29, 1.82) is 0 Å². The molecule has 4 heteroatoms. The Kier molecular flexibility index (Phi) is 1.96. The topological polar surface area (TPSA) is 49.9 Å². The van der Waals surface area contributed by atoms with Gasteiger partial charge in [0.2, 0.25) is 5.69 Å². The van der Waals surface area contributed by atoms with Crippen LogP contribution in [0.1, 0.15) is 11.1 Å². The highest BCUT2D eigenvalue weighted by atomic mass is 16.5. The van der Waals surface area contributed by atoms with Crippen molar-refractivity contribution < 1.29 is 9.20 Å². The minimum Gasteiger partial charge on any atom is -0.283 e. The van der Waals surface area contributed by atoms with Crippen molar-refractivity contribution in [1.82, 2.24) is 5.27 Å². The zero-order valence-electron chi connectivity index (χ0n) is 8.07. The third-order valence-corrected chi connectivity index (χ3v) is 2.10. The number of aromatic nitrogens is 2. The van der Waals surface area contributed by atoms with Gasteiger partial charge in [-0.25, -0.2) is 4.79 Å². The summed E-state index contributed by atoms with van der Waals surface area (Å²) in [6.45, 7) is 3.98. The average Bonchev–Trinajstić information content (AvgIpc) is 2.56. The fraction of sp³-hybridized carbons (Fsp3) is 0.200. The van der Waals surface area contributed by atoms with Crippen molar-refractivity contribution in [3.8, 4) is 5.69 Å². The quantitative estimate of drug-likeness (QED) is 0.680. The van der Waals surface area contributed by atoms with Crippen molar-refractivity contribution >= 4 is 0 Å². The lowest BCUT2D eigenvalue weighted by Crippen LogP contribution is -2.33. The third kappa shape index (κ3) is 1.46. The summed E-state index contributed by atoms with van der Waals surface area (Å²) in [5.74, 6) is 0. The number of aromatic amines is 1. The molecule has 1 aromatic carbocycles.